The van der Waals surface area contributed by atoms with E-state index in [0.717, 1.165) is 5.56 Å². The van der Waals surface area contributed by atoms with Crippen LogP contribution in [-0.4, -0.2) is 29.2 Å². The van der Waals surface area contributed by atoms with Crippen molar-refractivity contribution in [1.82, 2.24) is 15.4 Å². The number of amides is 1. The standard InChI is InChI=1S/C22H18Cl2F2N4O2S/c1-12-7-18(20(25)26)29-22(28-12)33-11-14-8-13(3-6-19(14)32-2)10-27-30-21(31)16-5-4-15(23)9-17(16)24/h3-10,20H,11H2,1-2H3,(H,30,31)/b27-10+. The van der Waals surface area contributed by atoms with E-state index >= 15 is 0 Å². The molecule has 6 nitrogen and oxygen atoms in total. The molecule has 0 saturated carbocycles. The first-order valence-electron chi connectivity index (χ1n) is 9.48. The van der Waals surface area contributed by atoms with Crippen LogP contribution in [0, 0.1) is 6.92 Å². The molecule has 33 heavy (non-hydrogen) atoms. The van der Waals surface area contributed by atoms with Crippen LogP contribution < -0.4 is 10.2 Å². The number of halogens is 4. The van der Waals surface area contributed by atoms with Crippen molar-refractivity contribution < 1.29 is 18.3 Å². The van der Waals surface area contributed by atoms with Crippen molar-refractivity contribution in [2.75, 3.05) is 7.11 Å². The topological polar surface area (TPSA) is 76.5 Å². The number of thioether (sulfide) groups is 1. The number of carbonyl (C=O) groups excluding carboxylic acids is 1. The smallest absolute Gasteiger partial charge is 0.280 e. The Kier molecular flexibility index (Phi) is 8.60. The number of nitrogens with one attached hydrogen (secondary N) is 1. The molecule has 0 spiro atoms. The number of hydrogen-bond donors (Lipinski definition) is 1. The molecule has 0 atom stereocenters. The number of methoxy groups -OCH3 is 1. The lowest BCUT2D eigenvalue weighted by Gasteiger charge is -2.10. The number of benzene rings is 2. The largest absolute Gasteiger partial charge is 0.496 e. The first-order chi connectivity index (χ1) is 15.8. The van der Waals surface area contributed by atoms with E-state index in [4.69, 9.17) is 27.9 Å². The Bertz CT molecular complexity index is 1200. The Balaban J connectivity index is 1.71. The average Bonchev–Trinajstić information content (AvgIpc) is 2.77. The third-order valence-corrected chi connectivity index (χ3v) is 5.74. The molecule has 3 rings (SSSR count). The van der Waals surface area contributed by atoms with Crippen LogP contribution in [-0.2, 0) is 5.75 Å². The third-order valence-electron chi connectivity index (χ3n) is 4.29. The van der Waals surface area contributed by atoms with Crippen molar-refractivity contribution in [1.29, 1.82) is 0 Å². The molecular weight excluding hydrogens is 493 g/mol. The molecule has 172 valence electrons. The van der Waals surface area contributed by atoms with Crippen LogP contribution in [0.1, 0.15) is 39.3 Å². The van der Waals surface area contributed by atoms with Gasteiger partial charge in [-0.15, -0.1) is 0 Å². The van der Waals surface area contributed by atoms with Crippen molar-refractivity contribution in [3.05, 3.63) is 80.6 Å². The Labute approximate surface area is 203 Å². The fraction of sp³-hybridized carbons (Fsp3) is 0.182. The maximum Gasteiger partial charge on any atom is 0.280 e. The van der Waals surface area contributed by atoms with Crippen LogP contribution in [0.3, 0.4) is 0 Å². The maximum atomic E-state index is 13.0. The number of aromatic nitrogens is 2. The van der Waals surface area contributed by atoms with Gasteiger partial charge in [0.05, 0.1) is 23.9 Å². The average molecular weight is 511 g/mol. The highest BCUT2D eigenvalue weighted by Gasteiger charge is 2.13. The minimum atomic E-state index is -2.67. The highest BCUT2D eigenvalue weighted by Crippen LogP contribution is 2.28. The van der Waals surface area contributed by atoms with Gasteiger partial charge in [0.15, 0.2) is 5.16 Å². The summed E-state index contributed by atoms with van der Waals surface area (Å²) in [6.07, 6.45) is -1.20. The molecule has 0 aliphatic heterocycles. The lowest BCUT2D eigenvalue weighted by atomic mass is 10.1. The molecule has 1 N–H and O–H groups in total. The van der Waals surface area contributed by atoms with Crippen molar-refractivity contribution in [3.63, 3.8) is 0 Å². The molecule has 2 aromatic carbocycles. The summed E-state index contributed by atoms with van der Waals surface area (Å²) in [5.41, 5.74) is 4.28. The summed E-state index contributed by atoms with van der Waals surface area (Å²) in [6.45, 7) is 1.64. The summed E-state index contributed by atoms with van der Waals surface area (Å²) < 4.78 is 31.4. The second-order valence-electron chi connectivity index (χ2n) is 6.70. The fourth-order valence-corrected chi connectivity index (χ4v) is 4.16. The second kappa shape index (κ2) is 11.4. The van der Waals surface area contributed by atoms with Gasteiger partial charge in [0.1, 0.15) is 11.4 Å². The van der Waals surface area contributed by atoms with Gasteiger partial charge in [0.25, 0.3) is 12.3 Å². The molecule has 1 aromatic heterocycles. The van der Waals surface area contributed by atoms with Crippen LogP contribution in [0.25, 0.3) is 0 Å². The van der Waals surface area contributed by atoms with Gasteiger partial charge in [0.2, 0.25) is 0 Å². The number of ether oxygens (including phenoxy) is 1. The maximum absolute atomic E-state index is 13.0. The van der Waals surface area contributed by atoms with Gasteiger partial charge in [-0.05, 0) is 55.0 Å². The summed E-state index contributed by atoms with van der Waals surface area (Å²) >= 11 is 13.1. The van der Waals surface area contributed by atoms with Gasteiger partial charge in [0, 0.05) is 22.0 Å². The minimum absolute atomic E-state index is 0.215. The molecule has 0 fully saturated rings. The number of hydrogen-bond acceptors (Lipinski definition) is 6. The Hall–Kier alpha value is -2.75. The van der Waals surface area contributed by atoms with Crippen molar-refractivity contribution in [3.8, 4) is 5.75 Å². The number of alkyl halides is 2. The molecule has 0 aliphatic carbocycles. The highest BCUT2D eigenvalue weighted by atomic mass is 35.5. The van der Waals surface area contributed by atoms with Gasteiger partial charge in [-0.3, -0.25) is 4.79 Å². The summed E-state index contributed by atoms with van der Waals surface area (Å²) in [7, 11) is 1.53. The second-order valence-corrected chi connectivity index (χ2v) is 8.49. The Morgan fingerprint density at radius 1 is 1.21 bits per heavy atom. The summed E-state index contributed by atoms with van der Waals surface area (Å²) in [5.74, 6) is 0.506. The molecule has 0 saturated heterocycles. The van der Waals surface area contributed by atoms with Gasteiger partial charge in [-0.2, -0.15) is 5.10 Å². The van der Waals surface area contributed by atoms with Gasteiger partial charge >= 0.3 is 0 Å². The van der Waals surface area contributed by atoms with E-state index < -0.39 is 12.3 Å². The van der Waals surface area contributed by atoms with Crippen molar-refractivity contribution in [2.45, 2.75) is 24.3 Å². The molecule has 11 heteroatoms. The van der Waals surface area contributed by atoms with E-state index in [1.807, 2.05) is 0 Å². The molecule has 0 unspecified atom stereocenters. The van der Waals surface area contributed by atoms with E-state index in [9.17, 15) is 13.6 Å². The predicted molar refractivity (Wildman–Crippen MR) is 126 cm³/mol. The number of carbonyl (C=O) groups is 1. The van der Waals surface area contributed by atoms with E-state index in [1.165, 1.54) is 43.3 Å². The van der Waals surface area contributed by atoms with Crippen LogP contribution in [0.5, 0.6) is 5.75 Å². The fourth-order valence-electron chi connectivity index (χ4n) is 2.77. The minimum Gasteiger partial charge on any atom is -0.496 e. The van der Waals surface area contributed by atoms with Crippen LogP contribution in [0.15, 0.2) is 52.7 Å². The van der Waals surface area contributed by atoms with Gasteiger partial charge in [-0.25, -0.2) is 24.2 Å². The summed E-state index contributed by atoms with van der Waals surface area (Å²) in [5, 5.41) is 4.85. The molecule has 0 aliphatic rings. The van der Waals surface area contributed by atoms with E-state index in [1.54, 1.807) is 31.2 Å². The lowest BCUT2D eigenvalue weighted by Crippen LogP contribution is -2.18. The quantitative estimate of drug-likeness (QED) is 0.171. The monoisotopic (exact) mass is 510 g/mol. The number of nitrogens with zero attached hydrogens (tertiary/aromatic N) is 3. The van der Waals surface area contributed by atoms with E-state index in [-0.39, 0.29) is 21.4 Å². The number of hydrazone groups is 1. The van der Waals surface area contributed by atoms with Gasteiger partial charge in [-0.1, -0.05) is 35.0 Å². The lowest BCUT2D eigenvalue weighted by molar-refractivity contribution is 0.0955. The number of aryl methyl sites for hydroxylation is 1. The Morgan fingerprint density at radius 2 is 2.00 bits per heavy atom. The number of rotatable bonds is 8. The summed E-state index contributed by atoms with van der Waals surface area (Å²) in [6, 6.07) is 11.1. The zero-order valence-corrected chi connectivity index (χ0v) is 19.8. The van der Waals surface area contributed by atoms with Crippen LogP contribution in [0.2, 0.25) is 10.0 Å². The summed E-state index contributed by atoms with van der Waals surface area (Å²) in [4.78, 5) is 20.4. The first kappa shape index (κ1) is 24.9. The molecule has 0 bridgehead atoms. The highest BCUT2D eigenvalue weighted by molar-refractivity contribution is 7.98. The zero-order chi connectivity index (χ0) is 24.0. The van der Waals surface area contributed by atoms with E-state index in [0.29, 0.717) is 27.8 Å². The zero-order valence-electron chi connectivity index (χ0n) is 17.5. The van der Waals surface area contributed by atoms with Gasteiger partial charge < -0.3 is 4.74 Å². The first-order valence-corrected chi connectivity index (χ1v) is 11.2. The molecule has 3 aromatic rings. The molecular formula is C22H18Cl2F2N4O2S. The Morgan fingerprint density at radius 3 is 2.70 bits per heavy atom. The van der Waals surface area contributed by atoms with Crippen LogP contribution >= 0.6 is 35.0 Å². The van der Waals surface area contributed by atoms with Crippen molar-refractivity contribution >= 4 is 47.1 Å². The third kappa shape index (κ3) is 6.86. The molecule has 1 heterocycles. The predicted octanol–water partition coefficient (Wildman–Crippen LogP) is 6.09. The normalized spacial score (nSPS) is 11.2. The molecule has 0 radical (unpaired) electrons. The van der Waals surface area contributed by atoms with E-state index in [2.05, 4.69) is 20.5 Å². The molecule has 1 amide bonds. The van der Waals surface area contributed by atoms with Crippen molar-refractivity contribution in [2.24, 2.45) is 5.10 Å². The SMILES string of the molecule is COc1ccc(/C=N/NC(=O)c2ccc(Cl)cc2Cl)cc1CSc1nc(C)cc(C(F)F)n1. The van der Waals surface area contributed by atoms with Crippen LogP contribution in [0.4, 0.5) is 8.78 Å².